The van der Waals surface area contributed by atoms with Gasteiger partial charge in [0.05, 0.1) is 30.4 Å². The molecule has 0 aliphatic rings. The molecule has 7 nitrogen and oxygen atoms in total. The molecule has 0 saturated carbocycles. The third-order valence-electron chi connectivity index (χ3n) is 3.84. The molecule has 7 heteroatoms. The summed E-state index contributed by atoms with van der Waals surface area (Å²) in [5.74, 6) is 0.821. The van der Waals surface area contributed by atoms with Crippen LogP contribution in [-0.4, -0.2) is 39.0 Å². The van der Waals surface area contributed by atoms with E-state index in [1.165, 1.54) is 0 Å². The molecule has 2 aromatic heterocycles. The van der Waals surface area contributed by atoms with E-state index in [0.29, 0.717) is 12.4 Å². The third kappa shape index (κ3) is 4.67. The molecule has 0 radical (unpaired) electrons. The largest absolute Gasteiger partial charge is 0.394 e. The average Bonchev–Trinajstić information content (AvgIpc) is 3.00. The Morgan fingerprint density at radius 1 is 1.52 bits per heavy atom. The van der Waals surface area contributed by atoms with Crippen molar-refractivity contribution in [3.05, 3.63) is 36.2 Å². The Balaban J connectivity index is 2.44. The highest BCUT2D eigenvalue weighted by molar-refractivity contribution is 5.87. The molecule has 2 aromatic rings. The Hall–Kier alpha value is -2.67. The van der Waals surface area contributed by atoms with Crippen LogP contribution in [-0.2, 0) is 6.54 Å². The van der Waals surface area contributed by atoms with Crippen molar-refractivity contribution in [2.45, 2.75) is 39.3 Å². The van der Waals surface area contributed by atoms with Crippen LogP contribution in [0.2, 0.25) is 0 Å². The summed E-state index contributed by atoms with van der Waals surface area (Å²) >= 11 is 0. The molecule has 0 aliphatic heterocycles. The summed E-state index contributed by atoms with van der Waals surface area (Å²) in [6, 6.07) is 1.81. The van der Waals surface area contributed by atoms with Gasteiger partial charge in [-0.15, -0.1) is 0 Å². The number of hydrogen-bond acceptors (Lipinski definition) is 6. The van der Waals surface area contributed by atoms with Crippen LogP contribution in [0.25, 0.3) is 11.0 Å². The Kier molecular flexibility index (Phi) is 6.71. The van der Waals surface area contributed by atoms with Gasteiger partial charge in [-0.05, 0) is 32.2 Å². The lowest BCUT2D eigenvalue weighted by molar-refractivity contribution is 0.268. The minimum absolute atomic E-state index is 0.0284. The number of aromatic nitrogens is 3. The number of fused-ring (bicyclic) bond motifs is 1. The number of aliphatic hydroxyl groups is 1. The van der Waals surface area contributed by atoms with Crippen molar-refractivity contribution >= 4 is 29.5 Å². The van der Waals surface area contributed by atoms with Crippen LogP contribution in [0.3, 0.4) is 0 Å². The molecule has 0 aromatic carbocycles. The first-order valence-electron chi connectivity index (χ1n) is 8.41. The Morgan fingerprint density at radius 3 is 2.96 bits per heavy atom. The predicted octanol–water partition coefficient (Wildman–Crippen LogP) is 2.75. The van der Waals surface area contributed by atoms with Crippen molar-refractivity contribution in [3.63, 3.8) is 0 Å². The highest BCUT2D eigenvalue weighted by Crippen LogP contribution is 2.24. The van der Waals surface area contributed by atoms with E-state index in [9.17, 15) is 5.11 Å². The van der Waals surface area contributed by atoms with Gasteiger partial charge < -0.3 is 20.7 Å². The summed E-state index contributed by atoms with van der Waals surface area (Å²) in [5, 5.41) is 12.9. The molecule has 0 spiro atoms. The number of rotatable bonds is 9. The van der Waals surface area contributed by atoms with E-state index in [1.54, 1.807) is 0 Å². The first-order valence-corrected chi connectivity index (χ1v) is 8.41. The molecule has 4 N–H and O–H groups in total. The minimum atomic E-state index is -0.0820. The third-order valence-corrected chi connectivity index (χ3v) is 3.84. The smallest absolute Gasteiger partial charge is 0.222 e. The van der Waals surface area contributed by atoms with Gasteiger partial charge in [0.25, 0.3) is 0 Å². The quantitative estimate of drug-likeness (QED) is 0.480. The average molecular weight is 342 g/mol. The van der Waals surface area contributed by atoms with E-state index in [2.05, 4.69) is 33.9 Å². The van der Waals surface area contributed by atoms with Gasteiger partial charge in [-0.3, -0.25) is 4.99 Å². The van der Waals surface area contributed by atoms with Crippen molar-refractivity contribution in [1.29, 1.82) is 0 Å². The zero-order chi connectivity index (χ0) is 18.2. The molecule has 2 heterocycles. The minimum Gasteiger partial charge on any atom is -0.394 e. The number of aliphatic imine (C=N–C) groups is 1. The van der Waals surface area contributed by atoms with Gasteiger partial charge >= 0.3 is 0 Å². The summed E-state index contributed by atoms with van der Waals surface area (Å²) in [6.07, 6.45) is 9.49. The number of nitrogens with one attached hydrogen (secondary N) is 1. The van der Waals surface area contributed by atoms with Crippen LogP contribution >= 0.6 is 0 Å². The fraction of sp³-hybridized carbons (Fsp3) is 0.389. The standard InChI is InChI=1S/C18H26N6O/c1-4-6-8-13(20-3)11-24-10-9-15-16(24)17(23-18(19)22-15)21-14(12-25)7-5-2/h4,6,8-10,14,25H,3,5,7,11-12H2,1-2H3,(H3,19,21,22,23)/b6-4-,13-8-/t14-/m0/s1. The number of nitrogen functional groups attached to an aromatic ring is 1. The zero-order valence-corrected chi connectivity index (χ0v) is 14.8. The Bertz CT molecular complexity index is 777. The molecular formula is C18H26N6O. The van der Waals surface area contributed by atoms with Crippen LogP contribution in [0, 0.1) is 0 Å². The zero-order valence-electron chi connectivity index (χ0n) is 14.8. The number of nitrogens with zero attached hydrogens (tertiary/aromatic N) is 4. The fourth-order valence-electron chi connectivity index (χ4n) is 2.65. The Labute approximate surface area is 148 Å². The topological polar surface area (TPSA) is 101 Å². The second-order valence-corrected chi connectivity index (χ2v) is 5.76. The maximum Gasteiger partial charge on any atom is 0.222 e. The molecule has 0 fully saturated rings. The van der Waals surface area contributed by atoms with Gasteiger partial charge in [-0.25, -0.2) is 4.98 Å². The fourth-order valence-corrected chi connectivity index (χ4v) is 2.65. The van der Waals surface area contributed by atoms with Crippen molar-refractivity contribution in [2.24, 2.45) is 4.99 Å². The van der Waals surface area contributed by atoms with Crippen molar-refractivity contribution in [2.75, 3.05) is 17.7 Å². The van der Waals surface area contributed by atoms with Gasteiger partial charge in [0.2, 0.25) is 5.95 Å². The highest BCUT2D eigenvalue weighted by atomic mass is 16.3. The van der Waals surface area contributed by atoms with Gasteiger partial charge in [0, 0.05) is 6.20 Å². The summed E-state index contributed by atoms with van der Waals surface area (Å²) in [4.78, 5) is 12.7. The van der Waals surface area contributed by atoms with Crippen LogP contribution in [0.4, 0.5) is 11.8 Å². The summed E-state index contributed by atoms with van der Waals surface area (Å²) < 4.78 is 2.00. The first kappa shape index (κ1) is 18.7. The second kappa shape index (κ2) is 8.98. The van der Waals surface area contributed by atoms with E-state index in [4.69, 9.17) is 5.73 Å². The van der Waals surface area contributed by atoms with Crippen molar-refractivity contribution < 1.29 is 5.11 Å². The highest BCUT2D eigenvalue weighted by Gasteiger charge is 2.15. The summed E-state index contributed by atoms with van der Waals surface area (Å²) in [6.45, 7) is 8.22. The van der Waals surface area contributed by atoms with Crippen LogP contribution in [0.15, 0.2) is 41.2 Å². The molecule has 2 rings (SSSR count). The Morgan fingerprint density at radius 2 is 2.32 bits per heavy atom. The lowest BCUT2D eigenvalue weighted by atomic mass is 10.2. The predicted molar refractivity (Wildman–Crippen MR) is 104 cm³/mol. The molecule has 25 heavy (non-hydrogen) atoms. The van der Waals surface area contributed by atoms with Gasteiger partial charge in [0.1, 0.15) is 5.52 Å². The number of aliphatic hydroxyl groups excluding tert-OH is 1. The van der Waals surface area contributed by atoms with Crippen LogP contribution < -0.4 is 11.1 Å². The van der Waals surface area contributed by atoms with E-state index in [0.717, 1.165) is 29.6 Å². The first-order chi connectivity index (χ1) is 12.1. The van der Waals surface area contributed by atoms with Gasteiger partial charge in [-0.2, -0.15) is 4.98 Å². The summed E-state index contributed by atoms with van der Waals surface area (Å²) in [5.41, 5.74) is 8.24. The number of anilines is 2. The molecule has 0 aliphatic carbocycles. The normalized spacial score (nSPS) is 13.5. The molecular weight excluding hydrogens is 316 g/mol. The molecule has 1 atom stereocenters. The number of nitrogens with two attached hydrogens (primary N) is 1. The monoisotopic (exact) mass is 342 g/mol. The molecule has 0 bridgehead atoms. The molecule has 0 amide bonds. The SMILES string of the molecule is C=N/C(=C\C=C/C)Cn1ccc2nc(N)nc(N[C@H](CO)CCC)c21. The number of allylic oxidation sites excluding steroid dienone is 4. The van der Waals surface area contributed by atoms with Crippen LogP contribution in [0.1, 0.15) is 26.7 Å². The van der Waals surface area contributed by atoms with Gasteiger partial charge in [0.15, 0.2) is 5.82 Å². The maximum atomic E-state index is 9.58. The van der Waals surface area contributed by atoms with E-state index in [-0.39, 0.29) is 18.6 Å². The molecule has 0 unspecified atom stereocenters. The lowest BCUT2D eigenvalue weighted by Gasteiger charge is -2.18. The molecule has 0 saturated heterocycles. The molecule has 134 valence electrons. The van der Waals surface area contributed by atoms with Crippen LogP contribution in [0.5, 0.6) is 0 Å². The maximum absolute atomic E-state index is 9.58. The van der Waals surface area contributed by atoms with E-state index in [1.807, 2.05) is 42.0 Å². The van der Waals surface area contributed by atoms with Crippen molar-refractivity contribution in [3.8, 4) is 0 Å². The lowest BCUT2D eigenvalue weighted by Crippen LogP contribution is -2.24. The number of hydrogen-bond donors (Lipinski definition) is 3. The second-order valence-electron chi connectivity index (χ2n) is 5.76. The van der Waals surface area contributed by atoms with Crippen molar-refractivity contribution in [1.82, 2.24) is 14.5 Å². The van der Waals surface area contributed by atoms with E-state index >= 15 is 0 Å². The van der Waals surface area contributed by atoms with Gasteiger partial charge in [-0.1, -0.05) is 25.5 Å². The summed E-state index contributed by atoms with van der Waals surface area (Å²) in [7, 11) is 0. The van der Waals surface area contributed by atoms with E-state index < -0.39 is 0 Å².